The van der Waals surface area contributed by atoms with Crippen LogP contribution in [0.25, 0.3) is 0 Å². The summed E-state index contributed by atoms with van der Waals surface area (Å²) >= 11 is 0. The van der Waals surface area contributed by atoms with Gasteiger partial charge in [0.25, 0.3) is 0 Å². The average molecular weight is 360 g/mol. The van der Waals surface area contributed by atoms with Crippen LogP contribution in [0.2, 0.25) is 0 Å². The highest BCUT2D eigenvalue weighted by molar-refractivity contribution is 4.96. The van der Waals surface area contributed by atoms with E-state index in [0.29, 0.717) is 11.5 Å². The number of piperidine rings is 1. The quantitative estimate of drug-likeness (QED) is 0.773. The lowest BCUT2D eigenvalue weighted by Crippen LogP contribution is -2.41. The normalized spacial score (nSPS) is 26.5. The number of rotatable bonds is 6. The molecule has 5 heteroatoms. The summed E-state index contributed by atoms with van der Waals surface area (Å²) < 4.78 is 2.16. The summed E-state index contributed by atoms with van der Waals surface area (Å²) in [5.74, 6) is 0. The van der Waals surface area contributed by atoms with Crippen LogP contribution in [0.5, 0.6) is 0 Å². The van der Waals surface area contributed by atoms with Crippen LogP contribution in [-0.4, -0.2) is 57.0 Å². The van der Waals surface area contributed by atoms with Gasteiger partial charge in [-0.1, -0.05) is 25.0 Å². The van der Waals surface area contributed by atoms with Gasteiger partial charge in [-0.3, -0.25) is 4.90 Å². The van der Waals surface area contributed by atoms with Crippen molar-refractivity contribution in [3.63, 3.8) is 0 Å². The van der Waals surface area contributed by atoms with E-state index in [1.54, 1.807) is 0 Å². The van der Waals surface area contributed by atoms with Gasteiger partial charge < -0.3 is 4.90 Å². The second kappa shape index (κ2) is 7.97. The second-order valence-electron chi connectivity index (χ2n) is 9.51. The van der Waals surface area contributed by atoms with Crippen molar-refractivity contribution in [3.8, 4) is 0 Å². The zero-order valence-corrected chi connectivity index (χ0v) is 16.9. The first-order valence-corrected chi connectivity index (χ1v) is 11.0. The highest BCUT2D eigenvalue weighted by Crippen LogP contribution is 2.49. The number of hydrogen-bond donors (Lipinski definition) is 0. The molecular formula is C21H37N5. The van der Waals surface area contributed by atoms with Gasteiger partial charge in [0, 0.05) is 25.7 Å². The molecule has 2 saturated heterocycles. The SMILES string of the molecule is C[C@@H](CC1(C)CC1)N1CCC(n2cc(CN3CCCCCC3)nn2)CC1. The number of hydrogen-bond acceptors (Lipinski definition) is 4. The van der Waals surface area contributed by atoms with Gasteiger partial charge in [0.05, 0.1) is 17.9 Å². The van der Waals surface area contributed by atoms with Crippen molar-refractivity contribution in [2.45, 2.75) is 90.3 Å². The third-order valence-electron chi connectivity index (χ3n) is 7.03. The molecule has 0 radical (unpaired) electrons. The molecule has 0 bridgehead atoms. The lowest BCUT2D eigenvalue weighted by Gasteiger charge is -2.37. The van der Waals surface area contributed by atoms with E-state index in [1.807, 2.05) is 0 Å². The smallest absolute Gasteiger partial charge is 0.0967 e. The molecule has 4 rings (SSSR count). The van der Waals surface area contributed by atoms with Crippen LogP contribution in [0.15, 0.2) is 6.20 Å². The van der Waals surface area contributed by atoms with Crippen molar-refractivity contribution in [1.82, 2.24) is 24.8 Å². The number of nitrogens with zero attached hydrogens (tertiary/aromatic N) is 5. The first-order chi connectivity index (χ1) is 12.6. The maximum atomic E-state index is 4.49. The van der Waals surface area contributed by atoms with Crippen molar-refractivity contribution >= 4 is 0 Å². The molecule has 5 nitrogen and oxygen atoms in total. The van der Waals surface area contributed by atoms with Crippen LogP contribution in [0.3, 0.4) is 0 Å². The van der Waals surface area contributed by atoms with E-state index in [-0.39, 0.29) is 0 Å². The third kappa shape index (κ3) is 4.66. The number of likely N-dealkylation sites (tertiary alicyclic amines) is 2. The summed E-state index contributed by atoms with van der Waals surface area (Å²) in [7, 11) is 0. The molecule has 1 aliphatic carbocycles. The molecule has 0 aromatic carbocycles. The summed E-state index contributed by atoms with van der Waals surface area (Å²) in [4.78, 5) is 5.26. The maximum absolute atomic E-state index is 4.49. The molecule has 146 valence electrons. The first-order valence-electron chi connectivity index (χ1n) is 11.0. The zero-order valence-electron chi connectivity index (χ0n) is 16.9. The van der Waals surface area contributed by atoms with Crippen molar-refractivity contribution in [1.29, 1.82) is 0 Å². The molecule has 0 N–H and O–H groups in total. The van der Waals surface area contributed by atoms with E-state index < -0.39 is 0 Å². The van der Waals surface area contributed by atoms with Crippen molar-refractivity contribution < 1.29 is 0 Å². The summed E-state index contributed by atoms with van der Waals surface area (Å²) in [6.07, 6.45) is 14.4. The van der Waals surface area contributed by atoms with Crippen molar-refractivity contribution in [3.05, 3.63) is 11.9 Å². The number of aromatic nitrogens is 3. The molecule has 3 heterocycles. The summed E-state index contributed by atoms with van der Waals surface area (Å²) in [6.45, 7) is 10.7. The van der Waals surface area contributed by atoms with E-state index in [2.05, 4.69) is 44.8 Å². The van der Waals surface area contributed by atoms with E-state index in [1.165, 1.54) is 84.0 Å². The van der Waals surface area contributed by atoms with Crippen LogP contribution in [0.4, 0.5) is 0 Å². The Bertz CT molecular complexity index is 563. The predicted molar refractivity (Wildman–Crippen MR) is 105 cm³/mol. The van der Waals surface area contributed by atoms with Gasteiger partial charge in [-0.05, 0) is 70.4 Å². The fraction of sp³-hybridized carbons (Fsp3) is 0.905. The molecule has 3 fully saturated rings. The Kier molecular flexibility index (Phi) is 5.65. The molecule has 0 unspecified atom stereocenters. The predicted octanol–water partition coefficient (Wildman–Crippen LogP) is 3.87. The van der Waals surface area contributed by atoms with E-state index in [9.17, 15) is 0 Å². The highest BCUT2D eigenvalue weighted by Gasteiger charge is 2.39. The molecule has 2 aliphatic heterocycles. The van der Waals surface area contributed by atoms with E-state index in [0.717, 1.165) is 18.3 Å². The largest absolute Gasteiger partial charge is 0.300 e. The van der Waals surface area contributed by atoms with Gasteiger partial charge in [-0.25, -0.2) is 4.68 Å². The molecule has 1 atom stereocenters. The lowest BCUT2D eigenvalue weighted by molar-refractivity contribution is 0.121. The van der Waals surface area contributed by atoms with Gasteiger partial charge >= 0.3 is 0 Å². The van der Waals surface area contributed by atoms with Gasteiger partial charge in [0.2, 0.25) is 0 Å². The van der Waals surface area contributed by atoms with Gasteiger partial charge in [0.1, 0.15) is 0 Å². The summed E-state index contributed by atoms with van der Waals surface area (Å²) in [6, 6.07) is 1.28. The minimum absolute atomic E-state index is 0.542. The molecule has 0 amide bonds. The summed E-state index contributed by atoms with van der Waals surface area (Å²) in [5, 5.41) is 8.97. The standard InChI is InChI=1S/C21H37N5/c1-18(15-21(2)9-10-21)25-13-7-20(8-14-25)26-17-19(22-23-26)16-24-11-5-3-4-6-12-24/h17-18,20H,3-16H2,1-2H3/t18-/m0/s1. The van der Waals surface area contributed by atoms with Crippen LogP contribution >= 0.6 is 0 Å². The minimum atomic E-state index is 0.542. The molecule has 1 saturated carbocycles. The van der Waals surface area contributed by atoms with Gasteiger partial charge in [0.15, 0.2) is 0 Å². The molecule has 3 aliphatic rings. The maximum Gasteiger partial charge on any atom is 0.0967 e. The van der Waals surface area contributed by atoms with Crippen LogP contribution in [-0.2, 0) is 6.54 Å². The molecule has 1 aromatic heterocycles. The highest BCUT2D eigenvalue weighted by atomic mass is 15.4. The fourth-order valence-electron chi connectivity index (χ4n) is 4.94. The topological polar surface area (TPSA) is 37.2 Å². The fourth-order valence-corrected chi connectivity index (χ4v) is 4.94. The Morgan fingerprint density at radius 2 is 1.77 bits per heavy atom. The molecule has 1 aromatic rings. The Morgan fingerprint density at radius 3 is 2.42 bits per heavy atom. The molecular weight excluding hydrogens is 322 g/mol. The average Bonchev–Trinajstić information content (AvgIpc) is 3.27. The zero-order chi connectivity index (χ0) is 18.0. The van der Waals surface area contributed by atoms with Crippen molar-refractivity contribution in [2.24, 2.45) is 5.41 Å². The molecule has 26 heavy (non-hydrogen) atoms. The Balaban J connectivity index is 1.26. The van der Waals surface area contributed by atoms with Crippen molar-refractivity contribution in [2.75, 3.05) is 26.2 Å². The summed E-state index contributed by atoms with van der Waals surface area (Å²) in [5.41, 5.74) is 1.81. The Morgan fingerprint density at radius 1 is 1.08 bits per heavy atom. The first kappa shape index (κ1) is 18.4. The monoisotopic (exact) mass is 359 g/mol. The second-order valence-corrected chi connectivity index (χ2v) is 9.51. The van der Waals surface area contributed by atoms with E-state index >= 15 is 0 Å². The van der Waals surface area contributed by atoms with Gasteiger partial charge in [-0.15, -0.1) is 5.10 Å². The van der Waals surface area contributed by atoms with Crippen LogP contribution in [0.1, 0.15) is 83.4 Å². The van der Waals surface area contributed by atoms with Gasteiger partial charge in [-0.2, -0.15) is 0 Å². The molecule has 0 spiro atoms. The van der Waals surface area contributed by atoms with Crippen LogP contribution in [0, 0.1) is 5.41 Å². The third-order valence-corrected chi connectivity index (χ3v) is 7.03. The van der Waals surface area contributed by atoms with Crippen LogP contribution < -0.4 is 0 Å². The Hall–Kier alpha value is -0.940. The van der Waals surface area contributed by atoms with E-state index in [4.69, 9.17) is 0 Å². The minimum Gasteiger partial charge on any atom is -0.300 e. The Labute approximate surface area is 159 Å². The lowest BCUT2D eigenvalue weighted by atomic mass is 9.96.